The van der Waals surface area contributed by atoms with Crippen LogP contribution in [0.5, 0.6) is 5.75 Å². The van der Waals surface area contributed by atoms with E-state index < -0.39 is 0 Å². The third kappa shape index (κ3) is 4.42. The summed E-state index contributed by atoms with van der Waals surface area (Å²) >= 11 is 0. The molecule has 0 unspecified atom stereocenters. The number of hydrogen-bond acceptors (Lipinski definition) is 4. The first-order chi connectivity index (χ1) is 9.78. The number of benzene rings is 1. The van der Waals surface area contributed by atoms with Crippen LogP contribution in [0, 0.1) is 0 Å². The van der Waals surface area contributed by atoms with Crippen LogP contribution < -0.4 is 10.1 Å². The number of hydrogen-bond donors (Lipinski definition) is 1. The second-order valence-corrected chi connectivity index (χ2v) is 4.43. The normalized spacial score (nSPS) is 10.2. The molecule has 1 heterocycles. The van der Waals surface area contributed by atoms with Gasteiger partial charge in [-0.15, -0.1) is 0 Å². The zero-order valence-electron chi connectivity index (χ0n) is 11.5. The molecule has 0 aliphatic carbocycles. The lowest BCUT2D eigenvalue weighted by Crippen LogP contribution is -2.25. The average Bonchev–Trinajstić information content (AvgIpc) is 2.99. The predicted octanol–water partition coefficient (Wildman–Crippen LogP) is 1.97. The van der Waals surface area contributed by atoms with Crippen LogP contribution in [-0.2, 0) is 17.6 Å². The number of methoxy groups -OCH3 is 1. The molecular weight excluding hydrogens is 256 g/mol. The molecule has 0 radical (unpaired) electrons. The van der Waals surface area contributed by atoms with Gasteiger partial charge in [-0.05, 0) is 24.1 Å². The summed E-state index contributed by atoms with van der Waals surface area (Å²) in [6.45, 7) is 0.629. The van der Waals surface area contributed by atoms with Crippen molar-refractivity contribution >= 4 is 5.91 Å². The van der Waals surface area contributed by atoms with E-state index in [-0.39, 0.29) is 5.91 Å². The average molecular weight is 274 g/mol. The topological polar surface area (TPSA) is 64.4 Å². The molecule has 1 N–H and O–H groups in total. The maximum atomic E-state index is 11.6. The molecule has 1 aromatic heterocycles. The fourth-order valence-corrected chi connectivity index (χ4v) is 1.83. The minimum absolute atomic E-state index is 0.0292. The van der Waals surface area contributed by atoms with Gasteiger partial charge < -0.3 is 14.5 Å². The zero-order valence-corrected chi connectivity index (χ0v) is 11.5. The molecule has 0 saturated heterocycles. The molecule has 0 aliphatic heterocycles. The van der Waals surface area contributed by atoms with Crippen molar-refractivity contribution in [1.82, 2.24) is 10.3 Å². The highest BCUT2D eigenvalue weighted by atomic mass is 16.5. The smallest absolute Gasteiger partial charge is 0.220 e. The first-order valence-corrected chi connectivity index (χ1v) is 6.54. The van der Waals surface area contributed by atoms with Gasteiger partial charge in [-0.3, -0.25) is 4.79 Å². The number of carbonyl (C=O) groups excluding carboxylic acids is 1. The number of oxazole rings is 1. The van der Waals surface area contributed by atoms with Crippen LogP contribution in [0.3, 0.4) is 0 Å². The van der Waals surface area contributed by atoms with E-state index in [0.717, 1.165) is 17.9 Å². The Morgan fingerprint density at radius 3 is 2.75 bits per heavy atom. The number of nitrogens with zero attached hydrogens (tertiary/aromatic N) is 1. The van der Waals surface area contributed by atoms with Gasteiger partial charge in [-0.2, -0.15) is 0 Å². The monoisotopic (exact) mass is 274 g/mol. The largest absolute Gasteiger partial charge is 0.497 e. The van der Waals surface area contributed by atoms with Crippen LogP contribution in [0.25, 0.3) is 0 Å². The van der Waals surface area contributed by atoms with Crippen molar-refractivity contribution in [2.45, 2.75) is 19.3 Å². The molecule has 2 aromatic rings. The maximum Gasteiger partial charge on any atom is 0.220 e. The summed E-state index contributed by atoms with van der Waals surface area (Å²) in [5, 5.41) is 2.89. The van der Waals surface area contributed by atoms with Crippen LogP contribution in [0.2, 0.25) is 0 Å². The molecule has 5 nitrogen and oxygen atoms in total. The van der Waals surface area contributed by atoms with Crippen molar-refractivity contribution in [3.05, 3.63) is 48.2 Å². The number of amides is 1. The van der Waals surface area contributed by atoms with Crippen molar-refractivity contribution in [2.75, 3.05) is 13.7 Å². The highest BCUT2D eigenvalue weighted by Crippen LogP contribution is 2.11. The number of nitrogens with one attached hydrogen (secondary N) is 1. The van der Waals surface area contributed by atoms with Crippen LogP contribution in [0.4, 0.5) is 0 Å². The van der Waals surface area contributed by atoms with Gasteiger partial charge in [0.05, 0.1) is 12.8 Å². The van der Waals surface area contributed by atoms with Crippen LogP contribution >= 0.6 is 0 Å². The van der Waals surface area contributed by atoms with Gasteiger partial charge in [-0.25, -0.2) is 4.98 Å². The molecule has 1 aromatic carbocycles. The van der Waals surface area contributed by atoms with E-state index in [9.17, 15) is 4.79 Å². The van der Waals surface area contributed by atoms with Gasteiger partial charge >= 0.3 is 0 Å². The molecule has 5 heteroatoms. The summed E-state index contributed by atoms with van der Waals surface area (Å²) in [6.07, 6.45) is 4.77. The number of rotatable bonds is 7. The Morgan fingerprint density at radius 1 is 1.30 bits per heavy atom. The predicted molar refractivity (Wildman–Crippen MR) is 74.5 cm³/mol. The van der Waals surface area contributed by atoms with E-state index in [1.54, 1.807) is 13.4 Å². The lowest BCUT2D eigenvalue weighted by atomic mass is 10.1. The van der Waals surface area contributed by atoms with E-state index in [1.165, 1.54) is 12.0 Å². The van der Waals surface area contributed by atoms with Gasteiger partial charge in [0.2, 0.25) is 5.91 Å². The fourth-order valence-electron chi connectivity index (χ4n) is 1.83. The summed E-state index contributed by atoms with van der Waals surface area (Å²) in [5.74, 6) is 0.868. The van der Waals surface area contributed by atoms with Crippen LogP contribution in [0.1, 0.15) is 17.7 Å². The zero-order chi connectivity index (χ0) is 14.2. The first-order valence-electron chi connectivity index (χ1n) is 6.54. The molecule has 106 valence electrons. The van der Waals surface area contributed by atoms with Crippen molar-refractivity contribution in [1.29, 1.82) is 0 Å². The quantitative estimate of drug-likeness (QED) is 0.838. The summed E-state index contributed by atoms with van der Waals surface area (Å²) in [4.78, 5) is 15.6. The number of ether oxygens (including phenoxy) is 1. The highest BCUT2D eigenvalue weighted by molar-refractivity contribution is 5.76. The summed E-state index contributed by atoms with van der Waals surface area (Å²) in [7, 11) is 1.64. The molecule has 0 atom stereocenters. The van der Waals surface area contributed by atoms with Gasteiger partial charge in [-0.1, -0.05) is 12.1 Å². The molecule has 20 heavy (non-hydrogen) atoms. The number of carbonyl (C=O) groups is 1. The van der Waals surface area contributed by atoms with E-state index >= 15 is 0 Å². The van der Waals surface area contributed by atoms with Gasteiger partial charge in [0.1, 0.15) is 12.0 Å². The Hall–Kier alpha value is -2.30. The third-order valence-electron chi connectivity index (χ3n) is 2.99. The number of aromatic nitrogens is 1. The minimum Gasteiger partial charge on any atom is -0.497 e. The fraction of sp³-hybridized carbons (Fsp3) is 0.333. The third-order valence-corrected chi connectivity index (χ3v) is 2.99. The molecule has 0 bridgehead atoms. The van der Waals surface area contributed by atoms with E-state index in [1.807, 2.05) is 24.3 Å². The van der Waals surface area contributed by atoms with Crippen LogP contribution in [0.15, 0.2) is 41.3 Å². The summed E-state index contributed by atoms with van der Waals surface area (Å²) in [6, 6.07) is 7.84. The second-order valence-electron chi connectivity index (χ2n) is 4.43. The Labute approximate surface area is 118 Å². The van der Waals surface area contributed by atoms with E-state index in [4.69, 9.17) is 9.15 Å². The SMILES string of the molecule is COc1ccc(CCNC(=O)CCc2cocn2)cc1. The molecule has 0 saturated carbocycles. The van der Waals surface area contributed by atoms with E-state index in [2.05, 4.69) is 10.3 Å². The van der Waals surface area contributed by atoms with Crippen molar-refractivity contribution in [3.8, 4) is 5.75 Å². The van der Waals surface area contributed by atoms with Crippen molar-refractivity contribution < 1.29 is 13.9 Å². The van der Waals surface area contributed by atoms with Gasteiger partial charge in [0.25, 0.3) is 0 Å². The molecule has 1 amide bonds. The highest BCUT2D eigenvalue weighted by Gasteiger charge is 2.03. The summed E-state index contributed by atoms with van der Waals surface area (Å²) in [5.41, 5.74) is 1.97. The Morgan fingerprint density at radius 2 is 2.10 bits per heavy atom. The van der Waals surface area contributed by atoms with E-state index in [0.29, 0.717) is 19.4 Å². The lowest BCUT2D eigenvalue weighted by molar-refractivity contribution is -0.121. The summed E-state index contributed by atoms with van der Waals surface area (Å²) < 4.78 is 9.95. The number of aryl methyl sites for hydroxylation is 1. The van der Waals surface area contributed by atoms with Crippen LogP contribution in [-0.4, -0.2) is 24.5 Å². The van der Waals surface area contributed by atoms with Gasteiger partial charge in [0, 0.05) is 19.4 Å². The van der Waals surface area contributed by atoms with Crippen molar-refractivity contribution in [3.63, 3.8) is 0 Å². The molecule has 2 rings (SSSR count). The Kier molecular flexibility index (Phi) is 5.17. The standard InChI is InChI=1S/C15H18N2O3/c1-19-14-5-2-12(3-6-14)8-9-16-15(18)7-4-13-10-20-11-17-13/h2-3,5-6,10-11H,4,7-9H2,1H3,(H,16,18). The second kappa shape index (κ2) is 7.33. The Balaban J connectivity index is 1.65. The minimum atomic E-state index is 0.0292. The molecule has 0 aliphatic rings. The maximum absolute atomic E-state index is 11.6. The Bertz CT molecular complexity index is 521. The molecule has 0 fully saturated rings. The first kappa shape index (κ1) is 14.1. The van der Waals surface area contributed by atoms with Gasteiger partial charge in [0.15, 0.2) is 6.39 Å². The lowest BCUT2D eigenvalue weighted by Gasteiger charge is -2.05. The molecular formula is C15H18N2O3. The van der Waals surface area contributed by atoms with Crippen molar-refractivity contribution in [2.24, 2.45) is 0 Å². The molecule has 0 spiro atoms.